The molecule has 0 fully saturated rings. The van der Waals surface area contributed by atoms with Crippen LogP contribution in [0.25, 0.3) is 0 Å². The van der Waals surface area contributed by atoms with Gasteiger partial charge in [0.25, 0.3) is 0 Å². The number of esters is 1. The third kappa shape index (κ3) is 4.75. The van der Waals surface area contributed by atoms with Crippen molar-refractivity contribution in [2.24, 2.45) is 0 Å². The number of fused-ring (bicyclic) bond motifs is 1. The number of carbonyl (C=O) groups excluding carboxylic acids is 2. The smallest absolute Gasteiger partial charge is 0.343 e. The van der Waals surface area contributed by atoms with Crippen LogP contribution < -0.4 is 15.4 Å². The molecular weight excluding hydrogens is 332 g/mol. The summed E-state index contributed by atoms with van der Waals surface area (Å²) >= 11 is 0. The van der Waals surface area contributed by atoms with Crippen molar-refractivity contribution < 1.29 is 19.1 Å². The Kier molecular flexibility index (Phi) is 5.73. The minimum absolute atomic E-state index is 0.132. The van der Waals surface area contributed by atoms with E-state index in [-0.39, 0.29) is 18.7 Å². The van der Waals surface area contributed by atoms with Gasteiger partial charge in [-0.25, -0.2) is 9.59 Å². The molecule has 6 nitrogen and oxygen atoms in total. The number of aryl methyl sites for hydroxylation is 1. The standard InChI is InChI=1S/C20H22N2O4/c1-25-19(23)13-26-18-10-8-16(9-11-18)21-20(24)22-17-7-6-14-4-2-3-5-15(14)12-17/h2-5,8-11,17H,6-7,12-13H2,1H3,(H2,21,22,24)/t17-/m1/s1. The summed E-state index contributed by atoms with van der Waals surface area (Å²) in [5, 5.41) is 5.85. The molecule has 3 rings (SSSR count). The Morgan fingerprint density at radius 3 is 2.54 bits per heavy atom. The fraction of sp³-hybridized carbons (Fsp3) is 0.300. The quantitative estimate of drug-likeness (QED) is 0.810. The number of methoxy groups -OCH3 is 1. The number of ether oxygens (including phenoxy) is 2. The van der Waals surface area contributed by atoms with Crippen molar-refractivity contribution >= 4 is 17.7 Å². The summed E-state index contributed by atoms with van der Waals surface area (Å²) in [7, 11) is 1.31. The molecule has 1 aliphatic carbocycles. The third-order valence-electron chi connectivity index (χ3n) is 4.38. The van der Waals surface area contributed by atoms with E-state index in [1.165, 1.54) is 18.2 Å². The normalized spacial score (nSPS) is 15.5. The molecule has 136 valence electrons. The first-order chi connectivity index (χ1) is 12.6. The maximum atomic E-state index is 12.2. The van der Waals surface area contributed by atoms with E-state index >= 15 is 0 Å². The van der Waals surface area contributed by atoms with Gasteiger partial charge in [0.05, 0.1) is 7.11 Å². The molecule has 2 amide bonds. The first-order valence-corrected chi connectivity index (χ1v) is 8.58. The highest BCUT2D eigenvalue weighted by atomic mass is 16.6. The zero-order valence-electron chi connectivity index (χ0n) is 14.7. The van der Waals surface area contributed by atoms with E-state index in [9.17, 15) is 9.59 Å². The molecule has 2 aromatic carbocycles. The molecule has 0 unspecified atom stereocenters. The summed E-state index contributed by atoms with van der Waals surface area (Å²) in [6, 6.07) is 15.1. The minimum Gasteiger partial charge on any atom is -0.482 e. The lowest BCUT2D eigenvalue weighted by molar-refractivity contribution is -0.142. The van der Waals surface area contributed by atoms with Crippen LogP contribution in [-0.2, 0) is 22.4 Å². The van der Waals surface area contributed by atoms with Gasteiger partial charge in [0.1, 0.15) is 5.75 Å². The highest BCUT2D eigenvalue weighted by Crippen LogP contribution is 2.21. The molecule has 2 aromatic rings. The molecule has 0 heterocycles. The van der Waals surface area contributed by atoms with Crippen LogP contribution in [0, 0.1) is 0 Å². The first-order valence-electron chi connectivity index (χ1n) is 8.58. The molecule has 1 aliphatic rings. The average molecular weight is 354 g/mol. The van der Waals surface area contributed by atoms with Gasteiger partial charge < -0.3 is 20.1 Å². The second-order valence-corrected chi connectivity index (χ2v) is 6.20. The Balaban J connectivity index is 1.48. The Morgan fingerprint density at radius 1 is 1.08 bits per heavy atom. The van der Waals surface area contributed by atoms with Crippen LogP contribution in [0.2, 0.25) is 0 Å². The Hall–Kier alpha value is -3.02. The Labute approximate surface area is 152 Å². The van der Waals surface area contributed by atoms with Crippen molar-refractivity contribution in [3.8, 4) is 5.75 Å². The molecule has 2 N–H and O–H groups in total. The van der Waals surface area contributed by atoms with Crippen molar-refractivity contribution in [3.05, 3.63) is 59.7 Å². The van der Waals surface area contributed by atoms with E-state index in [1.807, 2.05) is 6.07 Å². The van der Waals surface area contributed by atoms with Gasteiger partial charge in [0.15, 0.2) is 6.61 Å². The van der Waals surface area contributed by atoms with Crippen LogP contribution in [0.4, 0.5) is 10.5 Å². The first kappa shape index (κ1) is 17.8. The lowest BCUT2D eigenvalue weighted by Gasteiger charge is -2.25. The second-order valence-electron chi connectivity index (χ2n) is 6.20. The molecule has 6 heteroatoms. The van der Waals surface area contributed by atoms with E-state index in [4.69, 9.17) is 4.74 Å². The molecule has 26 heavy (non-hydrogen) atoms. The molecule has 0 bridgehead atoms. The van der Waals surface area contributed by atoms with E-state index in [1.54, 1.807) is 24.3 Å². The second kappa shape index (κ2) is 8.38. The zero-order chi connectivity index (χ0) is 18.4. The molecule has 0 saturated heterocycles. The molecule has 0 saturated carbocycles. The van der Waals surface area contributed by atoms with Crippen molar-refractivity contribution in [1.82, 2.24) is 5.32 Å². The molecule has 0 radical (unpaired) electrons. The van der Waals surface area contributed by atoms with E-state index in [2.05, 4.69) is 33.6 Å². The zero-order valence-corrected chi connectivity index (χ0v) is 14.7. The number of urea groups is 1. The summed E-state index contributed by atoms with van der Waals surface area (Å²) in [6.07, 6.45) is 2.77. The fourth-order valence-corrected chi connectivity index (χ4v) is 3.01. The number of carbonyl (C=O) groups is 2. The minimum atomic E-state index is -0.444. The van der Waals surface area contributed by atoms with Gasteiger partial charge in [-0.2, -0.15) is 0 Å². The van der Waals surface area contributed by atoms with Crippen LogP contribution >= 0.6 is 0 Å². The van der Waals surface area contributed by atoms with Crippen LogP contribution in [0.1, 0.15) is 17.5 Å². The molecule has 1 atom stereocenters. The Bertz CT molecular complexity index is 774. The molecule has 0 aromatic heterocycles. The number of hydrogen-bond donors (Lipinski definition) is 2. The predicted molar refractivity (Wildman–Crippen MR) is 98.4 cm³/mol. The Morgan fingerprint density at radius 2 is 1.81 bits per heavy atom. The topological polar surface area (TPSA) is 76.7 Å². The van der Waals surface area contributed by atoms with E-state index in [0.717, 1.165) is 19.3 Å². The predicted octanol–water partition coefficient (Wildman–Crippen LogP) is 2.92. The fourth-order valence-electron chi connectivity index (χ4n) is 3.01. The summed E-state index contributed by atoms with van der Waals surface area (Å²) in [5.41, 5.74) is 3.33. The summed E-state index contributed by atoms with van der Waals surface area (Å²) < 4.78 is 9.78. The van der Waals surface area contributed by atoms with Crippen molar-refractivity contribution in [3.63, 3.8) is 0 Å². The number of benzene rings is 2. The maximum absolute atomic E-state index is 12.2. The van der Waals surface area contributed by atoms with Gasteiger partial charge in [-0.05, 0) is 54.7 Å². The van der Waals surface area contributed by atoms with Crippen LogP contribution in [-0.4, -0.2) is 31.8 Å². The number of nitrogens with one attached hydrogen (secondary N) is 2. The highest BCUT2D eigenvalue weighted by Gasteiger charge is 2.19. The van der Waals surface area contributed by atoms with Gasteiger partial charge in [0, 0.05) is 11.7 Å². The van der Waals surface area contributed by atoms with Gasteiger partial charge in [0.2, 0.25) is 0 Å². The van der Waals surface area contributed by atoms with Crippen LogP contribution in [0.3, 0.4) is 0 Å². The molecule has 0 spiro atoms. The van der Waals surface area contributed by atoms with Crippen molar-refractivity contribution in [2.45, 2.75) is 25.3 Å². The maximum Gasteiger partial charge on any atom is 0.343 e. The highest BCUT2D eigenvalue weighted by molar-refractivity contribution is 5.89. The number of anilines is 1. The van der Waals surface area contributed by atoms with Gasteiger partial charge in [-0.3, -0.25) is 0 Å². The number of rotatable bonds is 5. The molecule has 0 aliphatic heterocycles. The van der Waals surface area contributed by atoms with Crippen LogP contribution in [0.5, 0.6) is 5.75 Å². The summed E-state index contributed by atoms with van der Waals surface area (Å²) in [4.78, 5) is 23.3. The summed E-state index contributed by atoms with van der Waals surface area (Å²) in [6.45, 7) is -0.146. The lowest BCUT2D eigenvalue weighted by atomic mass is 9.88. The van der Waals surface area contributed by atoms with Crippen molar-refractivity contribution in [1.29, 1.82) is 0 Å². The van der Waals surface area contributed by atoms with E-state index in [0.29, 0.717) is 11.4 Å². The SMILES string of the molecule is COC(=O)COc1ccc(NC(=O)N[C@@H]2CCc3ccccc3C2)cc1. The number of hydrogen-bond acceptors (Lipinski definition) is 4. The van der Waals surface area contributed by atoms with Crippen molar-refractivity contribution in [2.75, 3.05) is 19.0 Å². The number of amides is 2. The third-order valence-corrected chi connectivity index (χ3v) is 4.38. The van der Waals surface area contributed by atoms with E-state index < -0.39 is 5.97 Å². The molecular formula is C20H22N2O4. The van der Waals surface area contributed by atoms with Gasteiger partial charge in [-0.15, -0.1) is 0 Å². The van der Waals surface area contributed by atoms with Gasteiger partial charge >= 0.3 is 12.0 Å². The van der Waals surface area contributed by atoms with Crippen LogP contribution in [0.15, 0.2) is 48.5 Å². The summed E-state index contributed by atoms with van der Waals surface area (Å²) in [5.74, 6) is 0.0888. The lowest BCUT2D eigenvalue weighted by Crippen LogP contribution is -2.41. The largest absolute Gasteiger partial charge is 0.482 e. The monoisotopic (exact) mass is 354 g/mol. The van der Waals surface area contributed by atoms with Gasteiger partial charge in [-0.1, -0.05) is 24.3 Å². The average Bonchev–Trinajstić information content (AvgIpc) is 2.67.